The van der Waals surface area contributed by atoms with Crippen molar-refractivity contribution in [2.24, 2.45) is 0 Å². The van der Waals surface area contributed by atoms with E-state index in [-0.39, 0.29) is 31.5 Å². The molecule has 0 spiro atoms. The van der Waals surface area contributed by atoms with Gasteiger partial charge in [0.05, 0.1) is 29.2 Å². The van der Waals surface area contributed by atoms with Crippen molar-refractivity contribution in [3.8, 4) is 0 Å². The molecule has 2 aromatic heterocycles. The number of H-pyrrole nitrogens is 1. The molecule has 5 N–H and O–H groups in total. The van der Waals surface area contributed by atoms with E-state index in [1.165, 1.54) is 29.3 Å². The van der Waals surface area contributed by atoms with Crippen LogP contribution < -0.4 is 11.2 Å². The highest BCUT2D eigenvalue weighted by atomic mass is 31.2. The van der Waals surface area contributed by atoms with Crippen molar-refractivity contribution >= 4 is 7.60 Å². The average Bonchev–Trinajstić information content (AvgIpc) is 3.49. The summed E-state index contributed by atoms with van der Waals surface area (Å²) in [4.78, 5) is 38.0. The maximum atomic E-state index is 12.8. The van der Waals surface area contributed by atoms with Crippen molar-refractivity contribution in [1.82, 2.24) is 24.5 Å². The predicted octanol–water partition coefficient (Wildman–Crippen LogP) is 1.27. The lowest BCUT2D eigenvalue weighted by Crippen LogP contribution is -2.40. The standard InChI is InChI=1S/C27H38N5O9P/c1-5-26(3,41-42(38,39)27(4,37)6-2)13-20-21(33)22(34)23(40-20)19-15-31(25(36)28-24(19)35)16-32-14-18(29-30-32)12-17-10-8-7-9-11-17/h7-11,14-15,20-23,33-34,37H,5-6,12-13,16H2,1-4H3,(H,38,39)(H,28,35,36). The molecule has 4 rings (SSSR count). The van der Waals surface area contributed by atoms with Crippen LogP contribution in [0.1, 0.15) is 69.9 Å². The smallest absolute Gasteiger partial charge is 0.359 e. The van der Waals surface area contributed by atoms with Crippen LogP contribution in [-0.2, 0) is 26.9 Å². The van der Waals surface area contributed by atoms with Gasteiger partial charge in [-0.25, -0.2) is 9.48 Å². The minimum atomic E-state index is -4.52. The summed E-state index contributed by atoms with van der Waals surface area (Å²) in [5, 5.41) is 38.2. The van der Waals surface area contributed by atoms with E-state index in [4.69, 9.17) is 9.26 Å². The van der Waals surface area contributed by atoms with Crippen molar-refractivity contribution in [1.29, 1.82) is 0 Å². The first-order valence-electron chi connectivity index (χ1n) is 13.7. The summed E-state index contributed by atoms with van der Waals surface area (Å²) in [7, 11) is -4.52. The normalized spacial score (nSPS) is 25.0. The minimum absolute atomic E-state index is 0.0364. The van der Waals surface area contributed by atoms with Gasteiger partial charge in [-0.1, -0.05) is 49.4 Å². The molecule has 1 aromatic carbocycles. The fourth-order valence-electron chi connectivity index (χ4n) is 4.73. The van der Waals surface area contributed by atoms with Gasteiger partial charge in [-0.3, -0.25) is 18.9 Å². The number of nitrogens with one attached hydrogen (secondary N) is 1. The summed E-state index contributed by atoms with van der Waals surface area (Å²) in [5.41, 5.74) is -1.25. The molecule has 42 heavy (non-hydrogen) atoms. The van der Waals surface area contributed by atoms with Crippen LogP contribution in [0.25, 0.3) is 0 Å². The molecule has 0 bridgehead atoms. The second-order valence-electron chi connectivity index (χ2n) is 11.1. The van der Waals surface area contributed by atoms with Crippen LogP contribution in [-0.4, -0.2) is 74.0 Å². The van der Waals surface area contributed by atoms with Crippen molar-refractivity contribution in [2.75, 3.05) is 0 Å². The predicted molar refractivity (Wildman–Crippen MR) is 151 cm³/mol. The lowest BCUT2D eigenvalue weighted by atomic mass is 9.92. The van der Waals surface area contributed by atoms with Gasteiger partial charge < -0.3 is 29.5 Å². The van der Waals surface area contributed by atoms with Gasteiger partial charge in [0.25, 0.3) is 5.56 Å². The molecule has 1 saturated heterocycles. The Balaban J connectivity index is 1.52. The van der Waals surface area contributed by atoms with Gasteiger partial charge >= 0.3 is 13.3 Å². The second-order valence-corrected chi connectivity index (χ2v) is 13.3. The van der Waals surface area contributed by atoms with E-state index in [0.717, 1.165) is 5.56 Å². The number of aliphatic hydroxyl groups is 3. The first kappa shape index (κ1) is 32.0. The molecule has 0 saturated carbocycles. The van der Waals surface area contributed by atoms with Gasteiger partial charge in [0, 0.05) is 19.0 Å². The molecule has 0 radical (unpaired) electrons. The van der Waals surface area contributed by atoms with Crippen molar-refractivity contribution < 1.29 is 34.0 Å². The number of benzene rings is 1. The summed E-state index contributed by atoms with van der Waals surface area (Å²) >= 11 is 0. The molecule has 15 heteroatoms. The Morgan fingerprint density at radius 3 is 2.43 bits per heavy atom. The molecular formula is C27H38N5O9P. The Hall–Kier alpha value is -2.97. The van der Waals surface area contributed by atoms with E-state index in [9.17, 15) is 34.4 Å². The van der Waals surface area contributed by atoms with Gasteiger partial charge in [0.2, 0.25) is 0 Å². The number of aromatic amines is 1. The number of ether oxygens (including phenoxy) is 1. The SMILES string of the molecule is CCC(C)(CC1OC(c2cn(Cn3cc(Cc4ccccc4)nn3)c(=O)[nH]c2=O)C(O)C1O)OP(=O)(O)C(C)(O)CC. The molecule has 1 fully saturated rings. The van der Waals surface area contributed by atoms with Crippen LogP contribution in [0.2, 0.25) is 0 Å². The third-order valence-electron chi connectivity index (χ3n) is 7.82. The molecule has 3 aromatic rings. The topological polar surface area (TPSA) is 202 Å². The molecule has 14 nitrogen and oxygen atoms in total. The fourth-order valence-corrected chi connectivity index (χ4v) is 6.12. The first-order chi connectivity index (χ1) is 19.7. The number of rotatable bonds is 12. The molecule has 1 aliphatic heterocycles. The summed E-state index contributed by atoms with van der Waals surface area (Å²) in [6, 6.07) is 9.66. The van der Waals surface area contributed by atoms with E-state index >= 15 is 0 Å². The highest BCUT2D eigenvalue weighted by Gasteiger charge is 2.51. The van der Waals surface area contributed by atoms with E-state index < -0.39 is 54.2 Å². The number of hydrogen-bond acceptors (Lipinski definition) is 10. The number of aromatic nitrogens is 5. The molecule has 0 amide bonds. The maximum absolute atomic E-state index is 12.8. The zero-order valence-corrected chi connectivity index (χ0v) is 24.8. The number of aliphatic hydroxyl groups excluding tert-OH is 2. The third kappa shape index (κ3) is 6.81. The molecule has 230 valence electrons. The van der Waals surface area contributed by atoms with Crippen molar-refractivity contribution in [3.05, 3.63) is 80.4 Å². The van der Waals surface area contributed by atoms with Gasteiger partial charge in [-0.2, -0.15) is 0 Å². The molecule has 1 aliphatic rings. The summed E-state index contributed by atoms with van der Waals surface area (Å²) in [5.74, 6) is 0. The van der Waals surface area contributed by atoms with E-state index in [2.05, 4.69) is 15.3 Å². The summed E-state index contributed by atoms with van der Waals surface area (Å²) in [6.07, 6.45) is -1.96. The van der Waals surface area contributed by atoms with E-state index in [1.54, 1.807) is 20.0 Å². The minimum Gasteiger partial charge on any atom is -0.388 e. The highest BCUT2D eigenvalue weighted by Crippen LogP contribution is 2.59. The molecule has 7 unspecified atom stereocenters. The Bertz CT molecular complexity index is 1540. The summed E-state index contributed by atoms with van der Waals surface area (Å²) in [6.45, 7) is 5.89. The maximum Gasteiger partial charge on any atom is 0.359 e. The van der Waals surface area contributed by atoms with Crippen molar-refractivity contribution in [3.63, 3.8) is 0 Å². The quantitative estimate of drug-likeness (QED) is 0.186. The lowest BCUT2D eigenvalue weighted by Gasteiger charge is -2.37. The average molecular weight is 608 g/mol. The Morgan fingerprint density at radius 1 is 1.10 bits per heavy atom. The first-order valence-corrected chi connectivity index (χ1v) is 15.3. The third-order valence-corrected chi connectivity index (χ3v) is 10.0. The van der Waals surface area contributed by atoms with E-state index in [0.29, 0.717) is 12.1 Å². The molecule has 3 heterocycles. The fraction of sp³-hybridized carbons (Fsp3) is 0.556. The zero-order valence-electron chi connectivity index (χ0n) is 24.0. The van der Waals surface area contributed by atoms with E-state index in [1.807, 2.05) is 30.3 Å². The van der Waals surface area contributed by atoms with Gasteiger partial charge in [0.1, 0.15) is 25.0 Å². The summed E-state index contributed by atoms with van der Waals surface area (Å²) < 4.78 is 26.9. The van der Waals surface area contributed by atoms with Crippen LogP contribution in [0.5, 0.6) is 0 Å². The van der Waals surface area contributed by atoms with Crippen LogP contribution in [0.15, 0.2) is 52.3 Å². The van der Waals surface area contributed by atoms with Crippen LogP contribution in [0, 0.1) is 0 Å². The lowest BCUT2D eigenvalue weighted by molar-refractivity contribution is -0.0534. The molecule has 0 aliphatic carbocycles. The van der Waals surface area contributed by atoms with Gasteiger partial charge in [-0.15, -0.1) is 5.10 Å². The Kier molecular flexibility index (Phi) is 9.38. The number of nitrogens with zero attached hydrogens (tertiary/aromatic N) is 4. The van der Waals surface area contributed by atoms with Crippen LogP contribution >= 0.6 is 7.60 Å². The zero-order chi connectivity index (χ0) is 30.9. The Morgan fingerprint density at radius 2 is 1.79 bits per heavy atom. The molecular weight excluding hydrogens is 569 g/mol. The van der Waals surface area contributed by atoms with Crippen molar-refractivity contribution in [2.45, 2.75) is 95.4 Å². The van der Waals surface area contributed by atoms with Gasteiger partial charge in [0.15, 0.2) is 5.34 Å². The largest absolute Gasteiger partial charge is 0.388 e. The Labute approximate surface area is 242 Å². The molecule has 7 atom stereocenters. The van der Waals surface area contributed by atoms with Gasteiger partial charge in [-0.05, 0) is 32.3 Å². The van der Waals surface area contributed by atoms with Crippen LogP contribution in [0.3, 0.4) is 0 Å². The monoisotopic (exact) mass is 607 g/mol. The van der Waals surface area contributed by atoms with Crippen LogP contribution in [0.4, 0.5) is 0 Å². The second kappa shape index (κ2) is 12.3. The number of hydrogen-bond donors (Lipinski definition) is 5. The highest BCUT2D eigenvalue weighted by molar-refractivity contribution is 7.54.